The fourth-order valence-corrected chi connectivity index (χ4v) is 3.50. The first kappa shape index (κ1) is 12.0. The molecular formula is C14H15ClN2S. The Morgan fingerprint density at radius 2 is 2.33 bits per heavy atom. The fourth-order valence-electron chi connectivity index (χ4n) is 2.41. The smallest absolute Gasteiger partial charge is 0.190 e. The van der Waals surface area contributed by atoms with Gasteiger partial charge >= 0.3 is 0 Å². The summed E-state index contributed by atoms with van der Waals surface area (Å²) in [5, 5.41) is 3.11. The van der Waals surface area contributed by atoms with Crippen LogP contribution in [0.3, 0.4) is 0 Å². The molecule has 1 aromatic heterocycles. The molecule has 4 heteroatoms. The van der Waals surface area contributed by atoms with E-state index in [1.807, 2.05) is 5.38 Å². The van der Waals surface area contributed by atoms with Crippen molar-refractivity contribution in [3.63, 3.8) is 0 Å². The van der Waals surface area contributed by atoms with Crippen molar-refractivity contribution in [2.75, 3.05) is 11.4 Å². The van der Waals surface area contributed by atoms with Gasteiger partial charge in [-0.2, -0.15) is 0 Å². The number of benzene rings is 1. The summed E-state index contributed by atoms with van der Waals surface area (Å²) in [5.74, 6) is 0.491. The van der Waals surface area contributed by atoms with E-state index in [2.05, 4.69) is 35.0 Å². The third kappa shape index (κ3) is 2.13. The van der Waals surface area contributed by atoms with Gasteiger partial charge in [-0.3, -0.25) is 0 Å². The Balaban J connectivity index is 2.00. The lowest BCUT2D eigenvalue weighted by Crippen LogP contribution is -2.24. The first-order valence-corrected chi connectivity index (χ1v) is 7.57. The van der Waals surface area contributed by atoms with Gasteiger partial charge in [0.1, 0.15) is 0 Å². The molecule has 1 aliphatic heterocycles. The van der Waals surface area contributed by atoms with Crippen molar-refractivity contribution in [2.45, 2.75) is 25.6 Å². The van der Waals surface area contributed by atoms with Gasteiger partial charge in [0.15, 0.2) is 5.13 Å². The summed E-state index contributed by atoms with van der Waals surface area (Å²) >= 11 is 7.50. The highest BCUT2D eigenvalue weighted by Crippen LogP contribution is 2.35. The van der Waals surface area contributed by atoms with Gasteiger partial charge in [-0.1, -0.05) is 17.7 Å². The molecule has 0 amide bonds. The lowest BCUT2D eigenvalue weighted by atomic mass is 10.00. The van der Waals surface area contributed by atoms with Crippen LogP contribution in [0.2, 0.25) is 0 Å². The van der Waals surface area contributed by atoms with Gasteiger partial charge < -0.3 is 4.90 Å². The van der Waals surface area contributed by atoms with E-state index in [9.17, 15) is 0 Å². The number of hydrogen-bond donors (Lipinski definition) is 0. The minimum Gasteiger partial charge on any atom is -0.318 e. The molecule has 0 unspecified atom stereocenters. The molecule has 0 fully saturated rings. The summed E-state index contributed by atoms with van der Waals surface area (Å²) in [6, 6.07) is 6.68. The van der Waals surface area contributed by atoms with Crippen LogP contribution in [0.4, 0.5) is 10.8 Å². The van der Waals surface area contributed by atoms with Crippen molar-refractivity contribution in [3.05, 3.63) is 40.4 Å². The van der Waals surface area contributed by atoms with Gasteiger partial charge in [0.25, 0.3) is 0 Å². The minimum atomic E-state index is 0.491. The second-order valence-electron chi connectivity index (χ2n) is 4.64. The number of aryl methyl sites for hydroxylation is 2. The number of anilines is 2. The third-order valence-electron chi connectivity index (χ3n) is 3.26. The zero-order valence-electron chi connectivity index (χ0n) is 10.3. The topological polar surface area (TPSA) is 16.1 Å². The van der Waals surface area contributed by atoms with Crippen LogP contribution in [0.1, 0.15) is 23.2 Å². The molecule has 0 N–H and O–H groups in total. The fraction of sp³-hybridized carbons (Fsp3) is 0.357. The lowest BCUT2D eigenvalue weighted by Gasteiger charge is -2.29. The van der Waals surface area contributed by atoms with Gasteiger partial charge in [-0.15, -0.1) is 22.9 Å². The number of halogens is 1. The van der Waals surface area contributed by atoms with Crippen LogP contribution < -0.4 is 4.90 Å². The predicted octanol–water partition coefficient (Wildman–Crippen LogP) is 4.27. The van der Waals surface area contributed by atoms with Crippen molar-refractivity contribution >= 4 is 33.8 Å². The standard InChI is InChI=1S/C14H15ClN2S/c1-10-4-5-13-11(7-10)3-2-6-17(13)14-16-12(8-15)9-18-14/h4-5,7,9H,2-3,6,8H2,1H3. The van der Waals surface area contributed by atoms with Gasteiger partial charge in [0.05, 0.1) is 11.6 Å². The van der Waals surface area contributed by atoms with E-state index in [4.69, 9.17) is 11.6 Å². The first-order valence-electron chi connectivity index (χ1n) is 6.15. The Bertz CT molecular complexity index is 565. The minimum absolute atomic E-state index is 0.491. The van der Waals surface area contributed by atoms with E-state index in [-0.39, 0.29) is 0 Å². The van der Waals surface area contributed by atoms with Crippen molar-refractivity contribution < 1.29 is 0 Å². The number of alkyl halides is 1. The van der Waals surface area contributed by atoms with Crippen molar-refractivity contribution in [3.8, 4) is 0 Å². The van der Waals surface area contributed by atoms with Gasteiger partial charge in [-0.05, 0) is 31.4 Å². The highest BCUT2D eigenvalue weighted by Gasteiger charge is 2.20. The quantitative estimate of drug-likeness (QED) is 0.763. The van der Waals surface area contributed by atoms with Crippen molar-refractivity contribution in [2.24, 2.45) is 0 Å². The van der Waals surface area contributed by atoms with Gasteiger partial charge in [-0.25, -0.2) is 4.98 Å². The maximum Gasteiger partial charge on any atom is 0.190 e. The molecule has 94 valence electrons. The van der Waals surface area contributed by atoms with Crippen LogP contribution >= 0.6 is 22.9 Å². The Kier molecular flexibility index (Phi) is 3.27. The molecule has 18 heavy (non-hydrogen) atoms. The molecule has 1 aromatic carbocycles. The molecular weight excluding hydrogens is 264 g/mol. The van der Waals surface area contributed by atoms with Crippen LogP contribution in [0, 0.1) is 6.92 Å². The zero-order valence-corrected chi connectivity index (χ0v) is 11.9. The number of hydrogen-bond acceptors (Lipinski definition) is 3. The van der Waals surface area contributed by atoms with Gasteiger partial charge in [0.2, 0.25) is 0 Å². The average Bonchev–Trinajstić information content (AvgIpc) is 2.86. The predicted molar refractivity (Wildman–Crippen MR) is 78.2 cm³/mol. The van der Waals surface area contributed by atoms with Crippen molar-refractivity contribution in [1.29, 1.82) is 0 Å². The van der Waals surface area contributed by atoms with E-state index in [1.54, 1.807) is 11.3 Å². The van der Waals surface area contributed by atoms with E-state index in [0.29, 0.717) is 5.88 Å². The molecule has 0 spiro atoms. The lowest BCUT2D eigenvalue weighted by molar-refractivity contribution is 0.763. The Labute approximate surface area is 116 Å². The maximum atomic E-state index is 5.83. The normalized spacial score (nSPS) is 14.7. The van der Waals surface area contributed by atoms with Crippen LogP contribution in [0.25, 0.3) is 0 Å². The summed E-state index contributed by atoms with van der Waals surface area (Å²) in [4.78, 5) is 6.90. The van der Waals surface area contributed by atoms with Crippen LogP contribution in [-0.2, 0) is 12.3 Å². The van der Waals surface area contributed by atoms with Crippen LogP contribution in [-0.4, -0.2) is 11.5 Å². The molecule has 0 saturated heterocycles. The highest BCUT2D eigenvalue weighted by molar-refractivity contribution is 7.13. The summed E-state index contributed by atoms with van der Waals surface area (Å²) in [6.07, 6.45) is 2.35. The van der Waals surface area contributed by atoms with E-state index >= 15 is 0 Å². The molecule has 0 aliphatic carbocycles. The molecule has 0 radical (unpaired) electrons. The highest BCUT2D eigenvalue weighted by atomic mass is 35.5. The number of fused-ring (bicyclic) bond motifs is 1. The Morgan fingerprint density at radius 1 is 1.44 bits per heavy atom. The van der Waals surface area contributed by atoms with E-state index < -0.39 is 0 Å². The van der Waals surface area contributed by atoms with Crippen LogP contribution in [0.5, 0.6) is 0 Å². The monoisotopic (exact) mass is 278 g/mol. The number of rotatable bonds is 2. The molecule has 2 aromatic rings. The molecule has 3 rings (SSSR count). The maximum absolute atomic E-state index is 5.83. The summed E-state index contributed by atoms with van der Waals surface area (Å²) in [7, 11) is 0. The van der Waals surface area contributed by atoms with Crippen molar-refractivity contribution in [1.82, 2.24) is 4.98 Å². The second kappa shape index (κ2) is 4.90. The third-order valence-corrected chi connectivity index (χ3v) is 4.45. The van der Waals surface area contributed by atoms with E-state index in [1.165, 1.54) is 29.7 Å². The molecule has 0 bridgehead atoms. The number of thiazole rings is 1. The van der Waals surface area contributed by atoms with Gasteiger partial charge in [0, 0.05) is 17.6 Å². The average molecular weight is 279 g/mol. The molecule has 0 saturated carbocycles. The zero-order chi connectivity index (χ0) is 12.5. The molecule has 2 heterocycles. The summed E-state index contributed by atoms with van der Waals surface area (Å²) in [5.41, 5.74) is 5.04. The molecule has 2 nitrogen and oxygen atoms in total. The SMILES string of the molecule is Cc1ccc2c(c1)CCCN2c1nc(CCl)cs1. The summed E-state index contributed by atoms with van der Waals surface area (Å²) in [6.45, 7) is 3.19. The second-order valence-corrected chi connectivity index (χ2v) is 5.75. The number of aromatic nitrogens is 1. The van der Waals surface area contributed by atoms with Crippen LogP contribution in [0.15, 0.2) is 23.6 Å². The Hall–Kier alpha value is -1.06. The molecule has 0 atom stereocenters. The van der Waals surface area contributed by atoms with E-state index in [0.717, 1.165) is 17.4 Å². The Morgan fingerprint density at radius 3 is 3.11 bits per heavy atom. The number of nitrogens with zero attached hydrogens (tertiary/aromatic N) is 2. The largest absolute Gasteiger partial charge is 0.318 e. The molecule has 1 aliphatic rings. The summed E-state index contributed by atoms with van der Waals surface area (Å²) < 4.78 is 0. The first-order chi connectivity index (χ1) is 8.78.